The highest BCUT2D eigenvalue weighted by atomic mass is 32.2. The van der Waals surface area contributed by atoms with E-state index in [1.807, 2.05) is 6.92 Å². The second-order valence-electron chi connectivity index (χ2n) is 6.24. The molecule has 1 saturated heterocycles. The Morgan fingerprint density at radius 3 is 2.56 bits per heavy atom. The molecule has 2 aromatic rings. The lowest BCUT2D eigenvalue weighted by Gasteiger charge is -2.21. The summed E-state index contributed by atoms with van der Waals surface area (Å²) in [6, 6.07) is 0. The predicted molar refractivity (Wildman–Crippen MR) is 90.5 cm³/mol. The lowest BCUT2D eigenvalue weighted by Crippen LogP contribution is -2.37. The SMILES string of the molecule is Cc1n[nH]c(C)c1C(=O)N1CCCN(S(=O)(=O)c2cn(C)cn2)CC1. The maximum Gasteiger partial charge on any atom is 0.262 e. The van der Waals surface area contributed by atoms with Gasteiger partial charge in [0.25, 0.3) is 15.9 Å². The number of aromatic nitrogens is 4. The van der Waals surface area contributed by atoms with Gasteiger partial charge in [-0.05, 0) is 20.3 Å². The summed E-state index contributed by atoms with van der Waals surface area (Å²) >= 11 is 0. The van der Waals surface area contributed by atoms with Crippen LogP contribution < -0.4 is 0 Å². The van der Waals surface area contributed by atoms with Crippen molar-refractivity contribution in [3.05, 3.63) is 29.5 Å². The summed E-state index contributed by atoms with van der Waals surface area (Å²) in [7, 11) is -1.91. The summed E-state index contributed by atoms with van der Waals surface area (Å²) in [6.07, 6.45) is 3.53. The fourth-order valence-electron chi connectivity index (χ4n) is 3.02. The van der Waals surface area contributed by atoms with Crippen LogP contribution in [0.2, 0.25) is 0 Å². The number of rotatable bonds is 3. The summed E-state index contributed by atoms with van der Waals surface area (Å²) in [4.78, 5) is 18.4. The average molecular weight is 366 g/mol. The highest BCUT2D eigenvalue weighted by Crippen LogP contribution is 2.18. The minimum absolute atomic E-state index is 0.0382. The number of imidazole rings is 1. The number of hydrogen-bond donors (Lipinski definition) is 1. The van der Waals surface area contributed by atoms with Gasteiger partial charge in [0.15, 0.2) is 5.03 Å². The largest absolute Gasteiger partial charge is 0.339 e. The molecule has 1 fully saturated rings. The van der Waals surface area contributed by atoms with Gasteiger partial charge in [0, 0.05) is 45.1 Å². The van der Waals surface area contributed by atoms with Gasteiger partial charge in [-0.25, -0.2) is 13.4 Å². The quantitative estimate of drug-likeness (QED) is 0.841. The van der Waals surface area contributed by atoms with Crippen molar-refractivity contribution in [3.8, 4) is 0 Å². The molecular weight excluding hydrogens is 344 g/mol. The summed E-state index contributed by atoms with van der Waals surface area (Å²) in [5, 5.41) is 6.92. The standard InChI is InChI=1S/C15H22N6O3S/c1-11-14(12(2)18-17-11)15(22)20-5-4-6-21(8-7-20)25(23,24)13-9-19(3)10-16-13/h9-10H,4-8H2,1-3H3,(H,17,18). The molecule has 0 aliphatic carbocycles. The van der Waals surface area contributed by atoms with E-state index < -0.39 is 10.0 Å². The first kappa shape index (κ1) is 17.6. The van der Waals surface area contributed by atoms with Crippen molar-refractivity contribution in [1.29, 1.82) is 0 Å². The van der Waals surface area contributed by atoms with Crippen molar-refractivity contribution in [3.63, 3.8) is 0 Å². The zero-order valence-corrected chi connectivity index (χ0v) is 15.4. The van der Waals surface area contributed by atoms with Crippen LogP contribution in [0, 0.1) is 13.8 Å². The molecule has 0 unspecified atom stereocenters. The van der Waals surface area contributed by atoms with Crippen molar-refractivity contribution in [2.45, 2.75) is 25.3 Å². The van der Waals surface area contributed by atoms with Gasteiger partial charge in [0.1, 0.15) is 0 Å². The molecule has 1 aliphatic rings. The number of nitrogens with one attached hydrogen (secondary N) is 1. The molecule has 0 radical (unpaired) electrons. The summed E-state index contributed by atoms with van der Waals surface area (Å²) in [5.41, 5.74) is 1.95. The van der Waals surface area contributed by atoms with Crippen LogP contribution in [0.3, 0.4) is 0 Å². The Morgan fingerprint density at radius 2 is 1.96 bits per heavy atom. The van der Waals surface area contributed by atoms with E-state index in [2.05, 4.69) is 15.2 Å². The Kier molecular flexibility index (Phi) is 4.65. The molecular formula is C15H22N6O3S. The molecule has 3 rings (SSSR count). The van der Waals surface area contributed by atoms with E-state index >= 15 is 0 Å². The third-order valence-electron chi connectivity index (χ3n) is 4.37. The Bertz CT molecular complexity index is 865. The number of sulfonamides is 1. The van der Waals surface area contributed by atoms with Gasteiger partial charge in [-0.1, -0.05) is 0 Å². The highest BCUT2D eigenvalue weighted by Gasteiger charge is 2.31. The Balaban J connectivity index is 1.76. The molecule has 9 nitrogen and oxygen atoms in total. The number of nitrogens with zero attached hydrogens (tertiary/aromatic N) is 5. The maximum absolute atomic E-state index is 12.8. The molecule has 136 valence electrons. The number of H-pyrrole nitrogens is 1. The van der Waals surface area contributed by atoms with Crippen LogP contribution in [-0.4, -0.2) is 69.5 Å². The first-order chi connectivity index (χ1) is 11.8. The lowest BCUT2D eigenvalue weighted by atomic mass is 10.1. The fourth-order valence-corrected chi connectivity index (χ4v) is 4.45. The van der Waals surface area contributed by atoms with Crippen molar-refractivity contribution in [2.75, 3.05) is 26.2 Å². The first-order valence-corrected chi connectivity index (χ1v) is 9.53. The number of carbonyl (C=O) groups is 1. The number of aryl methyl sites for hydroxylation is 3. The van der Waals surface area contributed by atoms with Gasteiger partial charge in [0.2, 0.25) is 0 Å². The molecule has 0 aromatic carbocycles. The number of hydrogen-bond acceptors (Lipinski definition) is 5. The molecule has 1 N–H and O–H groups in total. The molecule has 1 amide bonds. The molecule has 2 aromatic heterocycles. The number of amides is 1. The van der Waals surface area contributed by atoms with Crippen molar-refractivity contribution in [2.24, 2.45) is 7.05 Å². The lowest BCUT2D eigenvalue weighted by molar-refractivity contribution is 0.0763. The second-order valence-corrected chi connectivity index (χ2v) is 8.12. The maximum atomic E-state index is 12.8. The van der Waals surface area contributed by atoms with Crippen LogP contribution in [-0.2, 0) is 17.1 Å². The van der Waals surface area contributed by atoms with E-state index in [1.54, 1.807) is 23.4 Å². The van der Waals surface area contributed by atoms with Crippen LogP contribution in [0.25, 0.3) is 0 Å². The van der Waals surface area contributed by atoms with E-state index in [9.17, 15) is 13.2 Å². The van der Waals surface area contributed by atoms with Gasteiger partial charge in [0.05, 0.1) is 17.6 Å². The minimum atomic E-state index is -3.64. The van der Waals surface area contributed by atoms with E-state index in [1.165, 1.54) is 16.8 Å². The van der Waals surface area contributed by atoms with Gasteiger partial charge in [-0.2, -0.15) is 9.40 Å². The predicted octanol–water partition coefficient (Wildman–Crippen LogP) is 0.297. The average Bonchev–Trinajstić information content (AvgIpc) is 3.03. The third kappa shape index (κ3) is 3.31. The normalized spacial score (nSPS) is 16.8. The highest BCUT2D eigenvalue weighted by molar-refractivity contribution is 7.89. The van der Waals surface area contributed by atoms with E-state index in [0.717, 1.165) is 5.69 Å². The molecule has 25 heavy (non-hydrogen) atoms. The summed E-state index contributed by atoms with van der Waals surface area (Å²) in [5.74, 6) is -0.110. The van der Waals surface area contributed by atoms with Gasteiger partial charge < -0.3 is 9.47 Å². The molecule has 1 aliphatic heterocycles. The van der Waals surface area contributed by atoms with Crippen LogP contribution >= 0.6 is 0 Å². The van der Waals surface area contributed by atoms with Gasteiger partial charge in [-0.3, -0.25) is 9.89 Å². The van der Waals surface area contributed by atoms with E-state index in [0.29, 0.717) is 37.3 Å². The zero-order chi connectivity index (χ0) is 18.2. The van der Waals surface area contributed by atoms with Crippen LogP contribution in [0.1, 0.15) is 28.2 Å². The number of aromatic amines is 1. The topological polar surface area (TPSA) is 104 Å². The van der Waals surface area contributed by atoms with E-state index in [4.69, 9.17) is 0 Å². The zero-order valence-electron chi connectivity index (χ0n) is 14.6. The Morgan fingerprint density at radius 1 is 1.20 bits per heavy atom. The smallest absolute Gasteiger partial charge is 0.262 e. The fraction of sp³-hybridized carbons (Fsp3) is 0.533. The molecule has 0 spiro atoms. The molecule has 0 bridgehead atoms. The van der Waals surface area contributed by atoms with Gasteiger partial charge >= 0.3 is 0 Å². The van der Waals surface area contributed by atoms with Crippen molar-refractivity contribution < 1.29 is 13.2 Å². The second kappa shape index (κ2) is 6.60. The van der Waals surface area contributed by atoms with Crippen LogP contribution in [0.15, 0.2) is 17.6 Å². The molecule has 3 heterocycles. The van der Waals surface area contributed by atoms with Crippen molar-refractivity contribution in [1.82, 2.24) is 29.0 Å². The van der Waals surface area contributed by atoms with Gasteiger partial charge in [-0.15, -0.1) is 0 Å². The van der Waals surface area contributed by atoms with Crippen LogP contribution in [0.4, 0.5) is 0 Å². The van der Waals surface area contributed by atoms with E-state index in [-0.39, 0.29) is 17.5 Å². The summed E-state index contributed by atoms with van der Waals surface area (Å²) in [6.45, 7) is 5.06. The van der Waals surface area contributed by atoms with Crippen LogP contribution in [0.5, 0.6) is 0 Å². The van der Waals surface area contributed by atoms with Crippen molar-refractivity contribution >= 4 is 15.9 Å². The molecule has 10 heteroatoms. The Labute approximate surface area is 146 Å². The molecule has 0 saturated carbocycles. The monoisotopic (exact) mass is 366 g/mol. The minimum Gasteiger partial charge on any atom is -0.339 e. The first-order valence-electron chi connectivity index (χ1n) is 8.09. The Hall–Kier alpha value is -2.20. The summed E-state index contributed by atoms with van der Waals surface area (Å²) < 4.78 is 28.4. The number of carbonyl (C=O) groups excluding carboxylic acids is 1. The third-order valence-corrected chi connectivity index (χ3v) is 6.15. The molecule has 0 atom stereocenters.